The number of aryl methyl sites for hydroxylation is 1. The molecule has 1 amide bonds. The zero-order chi connectivity index (χ0) is 17.1. The number of aromatic nitrogens is 1. The van der Waals surface area contributed by atoms with Gasteiger partial charge in [-0.15, -0.1) is 11.3 Å². The Morgan fingerprint density at radius 1 is 1.33 bits per heavy atom. The smallest absolute Gasteiger partial charge is 0.340 e. The summed E-state index contributed by atoms with van der Waals surface area (Å²) in [6.07, 6.45) is 1.68. The Morgan fingerprint density at radius 2 is 2.12 bits per heavy atom. The van der Waals surface area contributed by atoms with Gasteiger partial charge in [0.1, 0.15) is 11.1 Å². The summed E-state index contributed by atoms with van der Waals surface area (Å²) in [6.45, 7) is -0.412. The summed E-state index contributed by atoms with van der Waals surface area (Å²) in [7, 11) is 1.84. The van der Waals surface area contributed by atoms with Crippen molar-refractivity contribution in [1.82, 2.24) is 4.57 Å². The molecular weight excluding hydrogens is 326 g/mol. The van der Waals surface area contributed by atoms with Gasteiger partial charge < -0.3 is 14.6 Å². The highest BCUT2D eigenvalue weighted by atomic mass is 32.1. The first-order valence-corrected chi connectivity index (χ1v) is 7.96. The van der Waals surface area contributed by atoms with E-state index >= 15 is 0 Å². The molecule has 0 bridgehead atoms. The number of fused-ring (bicyclic) bond motifs is 1. The molecule has 0 aliphatic carbocycles. The van der Waals surface area contributed by atoms with Crippen LogP contribution in [0.2, 0.25) is 0 Å². The number of para-hydroxylation sites is 1. The first-order chi connectivity index (χ1) is 11.6. The van der Waals surface area contributed by atoms with Crippen LogP contribution in [0.3, 0.4) is 0 Å². The molecule has 120 valence electrons. The number of nitrogens with one attached hydrogen (secondary N) is 1. The van der Waals surface area contributed by atoms with E-state index in [1.807, 2.05) is 41.9 Å². The van der Waals surface area contributed by atoms with Crippen LogP contribution >= 0.6 is 11.3 Å². The van der Waals surface area contributed by atoms with E-state index in [2.05, 4.69) is 5.32 Å². The second kappa shape index (κ2) is 6.56. The van der Waals surface area contributed by atoms with Crippen molar-refractivity contribution >= 4 is 39.1 Å². The van der Waals surface area contributed by atoms with E-state index in [-0.39, 0.29) is 0 Å². The Kier molecular flexibility index (Phi) is 4.31. The lowest BCUT2D eigenvalue weighted by Gasteiger charge is -2.05. The summed E-state index contributed by atoms with van der Waals surface area (Å²) in [5.74, 6) is -1.05. The molecule has 3 rings (SSSR count). The Hall–Kier alpha value is -3.11. The average Bonchev–Trinajstić information content (AvgIpc) is 3.17. The second-order valence-electron chi connectivity index (χ2n) is 5.07. The van der Waals surface area contributed by atoms with Crippen LogP contribution in [0.25, 0.3) is 10.9 Å². The van der Waals surface area contributed by atoms with Gasteiger partial charge in [-0.25, -0.2) is 4.79 Å². The molecule has 24 heavy (non-hydrogen) atoms. The SMILES string of the molecule is Cn1cc(C(=O)OCC(=O)Nc2sccc2C#N)c2ccccc21. The van der Waals surface area contributed by atoms with Crippen molar-refractivity contribution in [2.45, 2.75) is 0 Å². The molecule has 0 radical (unpaired) electrons. The highest BCUT2D eigenvalue weighted by Crippen LogP contribution is 2.23. The molecule has 0 fully saturated rings. The summed E-state index contributed by atoms with van der Waals surface area (Å²) >= 11 is 1.24. The summed E-state index contributed by atoms with van der Waals surface area (Å²) in [5.41, 5.74) is 1.70. The van der Waals surface area contributed by atoms with Gasteiger partial charge in [0.15, 0.2) is 6.61 Å². The number of nitriles is 1. The van der Waals surface area contributed by atoms with E-state index in [0.29, 0.717) is 16.1 Å². The van der Waals surface area contributed by atoms with Crippen molar-refractivity contribution in [2.75, 3.05) is 11.9 Å². The molecule has 1 N–H and O–H groups in total. The summed E-state index contributed by atoms with van der Waals surface area (Å²) in [4.78, 5) is 24.1. The number of nitrogens with zero attached hydrogens (tertiary/aromatic N) is 2. The third-order valence-electron chi connectivity index (χ3n) is 3.49. The van der Waals surface area contributed by atoms with Crippen molar-refractivity contribution < 1.29 is 14.3 Å². The van der Waals surface area contributed by atoms with Gasteiger partial charge in [-0.05, 0) is 17.5 Å². The van der Waals surface area contributed by atoms with Gasteiger partial charge in [0.05, 0.1) is 11.1 Å². The number of carbonyl (C=O) groups excluding carboxylic acids is 2. The molecule has 2 heterocycles. The van der Waals surface area contributed by atoms with Crippen LogP contribution in [0.1, 0.15) is 15.9 Å². The topological polar surface area (TPSA) is 84.1 Å². The number of hydrogen-bond donors (Lipinski definition) is 1. The van der Waals surface area contributed by atoms with Gasteiger partial charge in [0.2, 0.25) is 0 Å². The van der Waals surface area contributed by atoms with E-state index in [9.17, 15) is 9.59 Å². The lowest BCUT2D eigenvalue weighted by Crippen LogP contribution is -2.20. The molecule has 0 saturated heterocycles. The number of rotatable bonds is 4. The molecule has 7 heteroatoms. The van der Waals surface area contributed by atoms with Crippen LogP contribution in [-0.2, 0) is 16.6 Å². The first kappa shape index (κ1) is 15.8. The average molecular weight is 339 g/mol. The Bertz CT molecular complexity index is 965. The molecule has 0 aliphatic rings. The maximum atomic E-state index is 12.2. The van der Waals surface area contributed by atoms with Crippen LogP contribution < -0.4 is 5.32 Å². The fraction of sp³-hybridized carbons (Fsp3) is 0.118. The van der Waals surface area contributed by atoms with Gasteiger partial charge in [0.25, 0.3) is 5.91 Å². The van der Waals surface area contributed by atoms with Crippen molar-refractivity contribution in [3.8, 4) is 6.07 Å². The van der Waals surface area contributed by atoms with E-state index in [1.165, 1.54) is 11.3 Å². The number of anilines is 1. The molecule has 6 nitrogen and oxygen atoms in total. The third-order valence-corrected chi connectivity index (χ3v) is 4.32. The van der Waals surface area contributed by atoms with Crippen molar-refractivity contribution in [3.05, 3.63) is 53.0 Å². The van der Waals surface area contributed by atoms with E-state index < -0.39 is 18.5 Å². The predicted octanol–water partition coefficient (Wildman–Crippen LogP) is 2.91. The highest BCUT2D eigenvalue weighted by molar-refractivity contribution is 7.14. The molecule has 0 saturated carbocycles. The summed E-state index contributed by atoms with van der Waals surface area (Å²) in [6, 6.07) is 11.1. The van der Waals surface area contributed by atoms with Gasteiger partial charge in [-0.1, -0.05) is 18.2 Å². The zero-order valence-corrected chi connectivity index (χ0v) is 13.6. The molecular formula is C17H13N3O3S. The van der Waals surface area contributed by atoms with Crippen LogP contribution in [0.15, 0.2) is 41.9 Å². The van der Waals surface area contributed by atoms with Crippen molar-refractivity contribution in [1.29, 1.82) is 5.26 Å². The number of benzene rings is 1. The number of thiophene rings is 1. The van der Waals surface area contributed by atoms with E-state index in [1.54, 1.807) is 17.6 Å². The number of hydrogen-bond acceptors (Lipinski definition) is 5. The lowest BCUT2D eigenvalue weighted by atomic mass is 10.2. The lowest BCUT2D eigenvalue weighted by molar-refractivity contribution is -0.119. The number of carbonyl (C=O) groups is 2. The number of ether oxygens (including phenoxy) is 1. The predicted molar refractivity (Wildman–Crippen MR) is 90.9 cm³/mol. The Morgan fingerprint density at radius 3 is 2.92 bits per heavy atom. The van der Waals surface area contributed by atoms with Gasteiger partial charge in [-0.2, -0.15) is 5.26 Å². The minimum absolute atomic E-state index is 0.383. The summed E-state index contributed by atoms with van der Waals surface area (Å²) < 4.78 is 6.92. The molecule has 0 aliphatic heterocycles. The third kappa shape index (κ3) is 3.00. The minimum Gasteiger partial charge on any atom is -0.452 e. The Balaban J connectivity index is 1.67. The normalized spacial score (nSPS) is 10.3. The quantitative estimate of drug-likeness (QED) is 0.741. The van der Waals surface area contributed by atoms with E-state index in [0.717, 1.165) is 10.9 Å². The van der Waals surface area contributed by atoms with Crippen LogP contribution in [0.5, 0.6) is 0 Å². The Labute approximate surface area is 141 Å². The van der Waals surface area contributed by atoms with Crippen LogP contribution in [0, 0.1) is 11.3 Å². The highest BCUT2D eigenvalue weighted by Gasteiger charge is 2.17. The van der Waals surface area contributed by atoms with Gasteiger partial charge >= 0.3 is 5.97 Å². The molecule has 1 aromatic carbocycles. The standard InChI is InChI=1S/C17H13N3O3S/c1-20-9-13(12-4-2-3-5-14(12)20)17(22)23-10-15(21)19-16-11(8-18)6-7-24-16/h2-7,9H,10H2,1H3,(H,19,21). The molecule has 0 atom stereocenters. The maximum absolute atomic E-state index is 12.2. The van der Waals surface area contributed by atoms with Crippen molar-refractivity contribution in [3.63, 3.8) is 0 Å². The first-order valence-electron chi connectivity index (χ1n) is 7.09. The zero-order valence-electron chi connectivity index (χ0n) is 12.8. The molecule has 0 unspecified atom stereocenters. The molecule has 2 aromatic heterocycles. The largest absolute Gasteiger partial charge is 0.452 e. The monoisotopic (exact) mass is 339 g/mol. The van der Waals surface area contributed by atoms with Gasteiger partial charge in [0, 0.05) is 24.1 Å². The van der Waals surface area contributed by atoms with Gasteiger partial charge in [-0.3, -0.25) is 4.79 Å². The van der Waals surface area contributed by atoms with Crippen molar-refractivity contribution in [2.24, 2.45) is 7.05 Å². The summed E-state index contributed by atoms with van der Waals surface area (Å²) in [5, 5.41) is 14.4. The van der Waals surface area contributed by atoms with Crippen LogP contribution in [0.4, 0.5) is 5.00 Å². The maximum Gasteiger partial charge on any atom is 0.340 e. The fourth-order valence-corrected chi connectivity index (χ4v) is 3.12. The number of amides is 1. The second-order valence-corrected chi connectivity index (χ2v) is 5.99. The fourth-order valence-electron chi connectivity index (χ4n) is 2.37. The van der Waals surface area contributed by atoms with Crippen LogP contribution in [-0.4, -0.2) is 23.1 Å². The molecule has 0 spiro atoms. The molecule has 3 aromatic rings. The number of esters is 1. The minimum atomic E-state index is -0.561. The van der Waals surface area contributed by atoms with E-state index in [4.69, 9.17) is 10.00 Å².